The number of hydrogen-bond acceptors (Lipinski definition) is 6. The summed E-state index contributed by atoms with van der Waals surface area (Å²) in [5.41, 5.74) is 0. The molecule has 21 heavy (non-hydrogen) atoms. The smallest absolute Gasteiger partial charge is 0.243 e. The molecule has 120 valence electrons. The highest BCUT2D eigenvalue weighted by Gasteiger charge is 2.18. The zero-order valence-corrected chi connectivity index (χ0v) is 14.4. The van der Waals surface area contributed by atoms with E-state index in [9.17, 15) is 8.42 Å². The predicted octanol–water partition coefficient (Wildman–Crippen LogP) is 2.11. The number of nitrogens with zero attached hydrogens (tertiary/aromatic N) is 2. The Morgan fingerprint density at radius 3 is 2.52 bits per heavy atom. The molecule has 1 aromatic heterocycles. The van der Waals surface area contributed by atoms with E-state index >= 15 is 0 Å². The van der Waals surface area contributed by atoms with Gasteiger partial charge in [0.25, 0.3) is 0 Å². The van der Waals surface area contributed by atoms with Crippen LogP contribution in [0.4, 0.5) is 5.95 Å². The second-order valence-electron chi connectivity index (χ2n) is 4.68. The highest BCUT2D eigenvalue weighted by molar-refractivity contribution is 7.99. The monoisotopic (exact) mass is 332 g/mol. The molecule has 0 aromatic carbocycles. The topological polar surface area (TPSA) is 84.0 Å². The summed E-state index contributed by atoms with van der Waals surface area (Å²) in [6.45, 7) is 6.75. The van der Waals surface area contributed by atoms with Gasteiger partial charge in [-0.25, -0.2) is 23.1 Å². The van der Waals surface area contributed by atoms with Crippen LogP contribution >= 0.6 is 11.8 Å². The van der Waals surface area contributed by atoms with Crippen molar-refractivity contribution in [2.45, 2.75) is 44.6 Å². The average Bonchev–Trinajstić information content (AvgIpc) is 2.45. The Bertz CT molecular complexity index is 505. The third kappa shape index (κ3) is 6.62. The number of hydrogen-bond donors (Lipinski definition) is 2. The molecule has 1 aromatic rings. The maximum Gasteiger partial charge on any atom is 0.243 e. The van der Waals surface area contributed by atoms with Crippen LogP contribution in [-0.4, -0.2) is 42.5 Å². The van der Waals surface area contributed by atoms with Gasteiger partial charge in [-0.1, -0.05) is 13.8 Å². The molecular formula is C13H24N4O2S2. The van der Waals surface area contributed by atoms with Crippen LogP contribution in [0.3, 0.4) is 0 Å². The molecule has 0 bridgehead atoms. The third-order valence-electron chi connectivity index (χ3n) is 2.73. The SMILES string of the molecule is CCCNc1ncc(S(=O)(=O)NC(C)CCSCC)cn1. The number of rotatable bonds is 10. The first-order valence-electron chi connectivity index (χ1n) is 7.15. The minimum absolute atomic E-state index is 0.0968. The summed E-state index contributed by atoms with van der Waals surface area (Å²) < 4.78 is 27.0. The first-order chi connectivity index (χ1) is 9.99. The van der Waals surface area contributed by atoms with Crippen LogP contribution in [0.15, 0.2) is 17.3 Å². The van der Waals surface area contributed by atoms with Gasteiger partial charge in [-0.2, -0.15) is 11.8 Å². The molecule has 1 atom stereocenters. The second kappa shape index (κ2) is 9.22. The number of sulfonamides is 1. The van der Waals surface area contributed by atoms with Crippen LogP contribution in [-0.2, 0) is 10.0 Å². The summed E-state index contributed by atoms with van der Waals surface area (Å²) in [6, 6.07) is -0.105. The van der Waals surface area contributed by atoms with E-state index in [2.05, 4.69) is 26.9 Å². The van der Waals surface area contributed by atoms with Crippen LogP contribution in [0.5, 0.6) is 0 Å². The molecule has 0 aliphatic rings. The van der Waals surface area contributed by atoms with Crippen LogP contribution < -0.4 is 10.0 Å². The van der Waals surface area contributed by atoms with E-state index in [1.807, 2.05) is 13.8 Å². The lowest BCUT2D eigenvalue weighted by molar-refractivity contribution is 0.556. The molecule has 6 nitrogen and oxygen atoms in total. The maximum atomic E-state index is 12.2. The van der Waals surface area contributed by atoms with Gasteiger partial charge < -0.3 is 5.32 Å². The van der Waals surface area contributed by atoms with Crippen molar-refractivity contribution in [3.05, 3.63) is 12.4 Å². The zero-order chi connectivity index (χ0) is 15.7. The van der Waals surface area contributed by atoms with Gasteiger partial charge in [-0.3, -0.25) is 0 Å². The first kappa shape index (κ1) is 18.2. The molecular weight excluding hydrogens is 308 g/mol. The van der Waals surface area contributed by atoms with Crippen molar-refractivity contribution in [1.82, 2.24) is 14.7 Å². The van der Waals surface area contributed by atoms with E-state index in [-0.39, 0.29) is 10.9 Å². The van der Waals surface area contributed by atoms with Gasteiger partial charge in [0.15, 0.2) is 0 Å². The summed E-state index contributed by atoms with van der Waals surface area (Å²) in [5, 5.41) is 3.01. The second-order valence-corrected chi connectivity index (χ2v) is 7.78. The molecule has 0 spiro atoms. The summed E-state index contributed by atoms with van der Waals surface area (Å²) in [6.07, 6.45) is 4.43. The molecule has 0 radical (unpaired) electrons. The van der Waals surface area contributed by atoms with E-state index in [4.69, 9.17) is 0 Å². The van der Waals surface area contributed by atoms with E-state index in [1.54, 1.807) is 11.8 Å². The fourth-order valence-corrected chi connectivity index (χ4v) is 3.55. The Hall–Kier alpha value is -0.860. The molecule has 0 amide bonds. The molecule has 0 aliphatic carbocycles. The van der Waals surface area contributed by atoms with Crippen molar-refractivity contribution in [1.29, 1.82) is 0 Å². The summed E-state index contributed by atoms with van der Waals surface area (Å²) in [7, 11) is -3.55. The highest BCUT2D eigenvalue weighted by Crippen LogP contribution is 2.10. The third-order valence-corrected chi connectivity index (χ3v) is 5.20. The van der Waals surface area contributed by atoms with Gasteiger partial charge in [-0.05, 0) is 31.3 Å². The summed E-state index contributed by atoms with van der Waals surface area (Å²) >= 11 is 1.80. The number of nitrogens with one attached hydrogen (secondary N) is 2. The molecule has 0 saturated carbocycles. The van der Waals surface area contributed by atoms with Crippen molar-refractivity contribution in [3.8, 4) is 0 Å². The number of anilines is 1. The van der Waals surface area contributed by atoms with Gasteiger partial charge in [0, 0.05) is 12.6 Å². The fourth-order valence-electron chi connectivity index (χ4n) is 1.58. The lowest BCUT2D eigenvalue weighted by Crippen LogP contribution is -2.33. The molecule has 0 saturated heterocycles. The maximum absolute atomic E-state index is 12.2. The van der Waals surface area contributed by atoms with E-state index in [1.165, 1.54) is 12.4 Å². The Kier molecular flexibility index (Phi) is 7.98. The Morgan fingerprint density at radius 1 is 1.29 bits per heavy atom. The fraction of sp³-hybridized carbons (Fsp3) is 0.692. The largest absolute Gasteiger partial charge is 0.354 e. The predicted molar refractivity (Wildman–Crippen MR) is 88.2 cm³/mol. The lowest BCUT2D eigenvalue weighted by atomic mass is 10.3. The molecule has 2 N–H and O–H groups in total. The van der Waals surface area contributed by atoms with Gasteiger partial charge in [0.2, 0.25) is 16.0 Å². The minimum atomic E-state index is -3.55. The van der Waals surface area contributed by atoms with Crippen molar-refractivity contribution < 1.29 is 8.42 Å². The van der Waals surface area contributed by atoms with Gasteiger partial charge >= 0.3 is 0 Å². The van der Waals surface area contributed by atoms with Crippen molar-refractivity contribution in [2.75, 3.05) is 23.4 Å². The zero-order valence-electron chi connectivity index (χ0n) is 12.8. The molecule has 1 heterocycles. The first-order valence-corrected chi connectivity index (χ1v) is 9.79. The lowest BCUT2D eigenvalue weighted by Gasteiger charge is -2.13. The molecule has 0 fully saturated rings. The van der Waals surface area contributed by atoms with E-state index < -0.39 is 10.0 Å². The molecule has 0 aliphatic heterocycles. The quantitative estimate of drug-likeness (QED) is 0.638. The number of aromatic nitrogens is 2. The summed E-state index contributed by atoms with van der Waals surface area (Å²) in [5.74, 6) is 2.43. The van der Waals surface area contributed by atoms with Crippen LogP contribution in [0.25, 0.3) is 0 Å². The Morgan fingerprint density at radius 2 is 1.95 bits per heavy atom. The van der Waals surface area contributed by atoms with Gasteiger partial charge in [0.05, 0.1) is 12.4 Å². The van der Waals surface area contributed by atoms with Crippen LogP contribution in [0, 0.1) is 0 Å². The highest BCUT2D eigenvalue weighted by atomic mass is 32.2. The Labute approximate surface area is 131 Å². The normalized spacial score (nSPS) is 13.1. The molecule has 1 rings (SSSR count). The van der Waals surface area contributed by atoms with Gasteiger partial charge in [0.1, 0.15) is 4.90 Å². The van der Waals surface area contributed by atoms with Crippen molar-refractivity contribution >= 4 is 27.7 Å². The van der Waals surface area contributed by atoms with Crippen LogP contribution in [0.2, 0.25) is 0 Å². The van der Waals surface area contributed by atoms with Crippen molar-refractivity contribution in [2.24, 2.45) is 0 Å². The summed E-state index contributed by atoms with van der Waals surface area (Å²) in [4.78, 5) is 8.14. The Balaban J connectivity index is 2.61. The molecule has 1 unspecified atom stereocenters. The standard InChI is InChI=1S/C13H24N4O2S2/c1-4-7-14-13-15-9-12(10-16-13)21(18,19)17-11(3)6-8-20-5-2/h9-11,17H,4-8H2,1-3H3,(H,14,15,16). The van der Waals surface area contributed by atoms with Gasteiger partial charge in [-0.15, -0.1) is 0 Å². The van der Waals surface area contributed by atoms with E-state index in [0.29, 0.717) is 5.95 Å². The minimum Gasteiger partial charge on any atom is -0.354 e. The van der Waals surface area contributed by atoms with E-state index in [0.717, 1.165) is 30.9 Å². The average molecular weight is 332 g/mol. The number of thioether (sulfide) groups is 1. The molecule has 8 heteroatoms. The van der Waals surface area contributed by atoms with Crippen molar-refractivity contribution in [3.63, 3.8) is 0 Å². The van der Waals surface area contributed by atoms with Crippen LogP contribution in [0.1, 0.15) is 33.6 Å².